The molecule has 0 spiro atoms. The number of thiocarbonyl (C=S) groups is 1. The molecule has 1 heterocycles. The van der Waals surface area contributed by atoms with Crippen LogP contribution in [0.4, 0.5) is 0 Å². The Kier molecular flexibility index (Phi) is 5.92. The van der Waals surface area contributed by atoms with Crippen LogP contribution in [0.15, 0.2) is 24.5 Å². The molecular formula is C15H23N5S. The molecule has 1 aromatic rings. The average molecular weight is 305 g/mol. The summed E-state index contributed by atoms with van der Waals surface area (Å²) in [4.78, 5) is 5.76. The van der Waals surface area contributed by atoms with Gasteiger partial charge in [-0.2, -0.15) is 0 Å². The molecule has 0 radical (unpaired) electrons. The van der Waals surface area contributed by atoms with E-state index in [1.807, 2.05) is 18.3 Å². The summed E-state index contributed by atoms with van der Waals surface area (Å²) in [5.41, 5.74) is 6.79. The third-order valence-electron chi connectivity index (χ3n) is 3.82. The number of nitrogens with two attached hydrogens (primary N) is 1. The third-order valence-corrected chi connectivity index (χ3v) is 4.15. The Bertz CT molecular complexity index is 470. The lowest BCUT2D eigenvalue weighted by molar-refractivity contribution is 0.403. The van der Waals surface area contributed by atoms with Crippen LogP contribution in [0.3, 0.4) is 0 Å². The van der Waals surface area contributed by atoms with Crippen molar-refractivity contribution in [2.45, 2.75) is 44.6 Å². The van der Waals surface area contributed by atoms with Gasteiger partial charge in [0.2, 0.25) is 0 Å². The first kappa shape index (κ1) is 15.7. The molecule has 0 atom stereocenters. The van der Waals surface area contributed by atoms with E-state index in [1.165, 1.54) is 19.3 Å². The molecule has 4 N–H and O–H groups in total. The Labute approximate surface area is 131 Å². The average Bonchev–Trinajstić information content (AvgIpc) is 2.49. The van der Waals surface area contributed by atoms with Gasteiger partial charge in [-0.1, -0.05) is 25.3 Å². The number of hydrogen-bond acceptors (Lipinski definition) is 3. The minimum atomic E-state index is -0.00722. The molecule has 0 aromatic carbocycles. The Morgan fingerprint density at radius 3 is 2.81 bits per heavy atom. The SMILES string of the molecule is N=C(N)N(CCc1cccnc1)C(=S)NC1CCCCC1. The number of pyridine rings is 1. The lowest BCUT2D eigenvalue weighted by Gasteiger charge is -2.29. The Balaban J connectivity index is 1.88. The number of guanidine groups is 1. The molecule has 6 heteroatoms. The number of aromatic nitrogens is 1. The first-order valence-corrected chi connectivity index (χ1v) is 7.88. The van der Waals surface area contributed by atoms with Gasteiger partial charge in [0.05, 0.1) is 0 Å². The summed E-state index contributed by atoms with van der Waals surface area (Å²) >= 11 is 5.43. The minimum Gasteiger partial charge on any atom is -0.370 e. The minimum absolute atomic E-state index is 0.00722. The molecule has 114 valence electrons. The highest BCUT2D eigenvalue weighted by Gasteiger charge is 2.18. The fourth-order valence-electron chi connectivity index (χ4n) is 2.62. The molecule has 1 aromatic heterocycles. The highest BCUT2D eigenvalue weighted by molar-refractivity contribution is 7.80. The van der Waals surface area contributed by atoms with E-state index in [1.54, 1.807) is 11.1 Å². The molecule has 0 aliphatic heterocycles. The van der Waals surface area contributed by atoms with Crippen LogP contribution >= 0.6 is 12.2 Å². The molecule has 21 heavy (non-hydrogen) atoms. The topological polar surface area (TPSA) is 78.0 Å². The molecule has 0 amide bonds. The van der Waals surface area contributed by atoms with Gasteiger partial charge < -0.3 is 11.1 Å². The molecule has 1 saturated carbocycles. The number of nitrogens with zero attached hydrogens (tertiary/aromatic N) is 2. The second kappa shape index (κ2) is 7.93. The van der Waals surface area contributed by atoms with E-state index in [0.717, 1.165) is 24.8 Å². The molecular weight excluding hydrogens is 282 g/mol. The standard InChI is InChI=1S/C15H23N5S/c16-14(17)20(10-8-12-5-4-9-18-11-12)15(21)19-13-6-2-1-3-7-13/h4-5,9,11,13H,1-3,6-8,10H2,(H3,16,17)(H,19,21). The van der Waals surface area contributed by atoms with Gasteiger partial charge in [-0.25, -0.2) is 0 Å². The quantitative estimate of drug-likeness (QED) is 0.451. The van der Waals surface area contributed by atoms with E-state index in [9.17, 15) is 0 Å². The van der Waals surface area contributed by atoms with Crippen molar-refractivity contribution < 1.29 is 0 Å². The predicted molar refractivity (Wildman–Crippen MR) is 89.2 cm³/mol. The molecule has 2 rings (SSSR count). The summed E-state index contributed by atoms with van der Waals surface area (Å²) in [6, 6.07) is 4.35. The Morgan fingerprint density at radius 1 is 1.43 bits per heavy atom. The molecule has 0 bridgehead atoms. The van der Waals surface area contributed by atoms with Gasteiger partial charge in [-0.3, -0.25) is 15.3 Å². The molecule has 0 unspecified atom stereocenters. The zero-order valence-corrected chi connectivity index (χ0v) is 13.0. The zero-order chi connectivity index (χ0) is 15.1. The monoisotopic (exact) mass is 305 g/mol. The third kappa shape index (κ3) is 4.97. The first-order chi connectivity index (χ1) is 10.2. The molecule has 1 aliphatic carbocycles. The van der Waals surface area contributed by atoms with Crippen molar-refractivity contribution in [1.82, 2.24) is 15.2 Å². The maximum Gasteiger partial charge on any atom is 0.194 e. The van der Waals surface area contributed by atoms with Crippen molar-refractivity contribution >= 4 is 23.3 Å². The maximum atomic E-state index is 7.73. The van der Waals surface area contributed by atoms with Crippen LogP contribution in [-0.2, 0) is 6.42 Å². The van der Waals surface area contributed by atoms with Crippen LogP contribution in [0.5, 0.6) is 0 Å². The largest absolute Gasteiger partial charge is 0.370 e. The lowest BCUT2D eigenvalue weighted by atomic mass is 9.96. The number of nitrogens with one attached hydrogen (secondary N) is 2. The Hall–Kier alpha value is -1.69. The van der Waals surface area contributed by atoms with E-state index in [0.29, 0.717) is 17.7 Å². The normalized spacial score (nSPS) is 15.4. The summed E-state index contributed by atoms with van der Waals surface area (Å²) in [6.07, 6.45) is 10.4. The van der Waals surface area contributed by atoms with Crippen LogP contribution in [0.1, 0.15) is 37.7 Å². The van der Waals surface area contributed by atoms with Crippen molar-refractivity contribution in [3.63, 3.8) is 0 Å². The van der Waals surface area contributed by atoms with Crippen LogP contribution in [0.2, 0.25) is 0 Å². The van der Waals surface area contributed by atoms with Gasteiger partial charge in [0, 0.05) is 25.0 Å². The van der Waals surface area contributed by atoms with E-state index in [2.05, 4.69) is 10.3 Å². The van der Waals surface area contributed by atoms with Gasteiger partial charge in [-0.15, -0.1) is 0 Å². The summed E-state index contributed by atoms with van der Waals surface area (Å²) in [5, 5.41) is 11.7. The second-order valence-electron chi connectivity index (χ2n) is 5.43. The summed E-state index contributed by atoms with van der Waals surface area (Å²) < 4.78 is 0. The highest BCUT2D eigenvalue weighted by Crippen LogP contribution is 2.17. The van der Waals surface area contributed by atoms with Crippen molar-refractivity contribution in [3.05, 3.63) is 30.1 Å². The number of rotatable bonds is 4. The summed E-state index contributed by atoms with van der Waals surface area (Å²) in [5.74, 6) is -0.00722. The fourth-order valence-corrected chi connectivity index (χ4v) is 2.97. The molecule has 0 saturated heterocycles. The van der Waals surface area contributed by atoms with Gasteiger partial charge >= 0.3 is 0 Å². The summed E-state index contributed by atoms with van der Waals surface area (Å²) in [6.45, 7) is 0.597. The maximum absolute atomic E-state index is 7.73. The Morgan fingerprint density at radius 2 is 2.19 bits per heavy atom. The lowest BCUT2D eigenvalue weighted by Crippen LogP contribution is -2.50. The smallest absolute Gasteiger partial charge is 0.194 e. The first-order valence-electron chi connectivity index (χ1n) is 7.48. The van der Waals surface area contributed by atoms with Crippen LogP contribution in [0.25, 0.3) is 0 Å². The van der Waals surface area contributed by atoms with Gasteiger partial charge in [0.25, 0.3) is 0 Å². The van der Waals surface area contributed by atoms with Crippen molar-refractivity contribution in [2.75, 3.05) is 6.54 Å². The van der Waals surface area contributed by atoms with Crippen LogP contribution in [0, 0.1) is 5.41 Å². The summed E-state index contributed by atoms with van der Waals surface area (Å²) in [7, 11) is 0. The van der Waals surface area contributed by atoms with Gasteiger partial charge in [0.1, 0.15) is 0 Å². The van der Waals surface area contributed by atoms with E-state index < -0.39 is 0 Å². The fraction of sp³-hybridized carbons (Fsp3) is 0.533. The van der Waals surface area contributed by atoms with Crippen molar-refractivity contribution in [3.8, 4) is 0 Å². The molecule has 1 fully saturated rings. The molecule has 1 aliphatic rings. The van der Waals surface area contributed by atoms with E-state index in [-0.39, 0.29) is 5.96 Å². The van der Waals surface area contributed by atoms with E-state index >= 15 is 0 Å². The van der Waals surface area contributed by atoms with Gasteiger partial charge in [-0.05, 0) is 43.1 Å². The van der Waals surface area contributed by atoms with Crippen LogP contribution < -0.4 is 11.1 Å². The highest BCUT2D eigenvalue weighted by atomic mass is 32.1. The number of hydrogen-bond donors (Lipinski definition) is 3. The van der Waals surface area contributed by atoms with Crippen molar-refractivity contribution in [1.29, 1.82) is 5.41 Å². The zero-order valence-electron chi connectivity index (χ0n) is 12.2. The molecule has 5 nitrogen and oxygen atoms in total. The van der Waals surface area contributed by atoms with Crippen LogP contribution in [-0.4, -0.2) is 33.5 Å². The second-order valence-corrected chi connectivity index (χ2v) is 5.82. The van der Waals surface area contributed by atoms with E-state index in [4.69, 9.17) is 23.4 Å². The van der Waals surface area contributed by atoms with Crippen molar-refractivity contribution in [2.24, 2.45) is 5.73 Å². The van der Waals surface area contributed by atoms with Gasteiger partial charge in [0.15, 0.2) is 11.1 Å². The predicted octanol–water partition coefficient (Wildman–Crippen LogP) is 2.03.